The van der Waals surface area contributed by atoms with Gasteiger partial charge in [-0.05, 0) is 25.7 Å². The van der Waals surface area contributed by atoms with Crippen LogP contribution in [0.25, 0.3) is 0 Å². The van der Waals surface area contributed by atoms with Gasteiger partial charge in [0.05, 0.1) is 19.3 Å². The summed E-state index contributed by atoms with van der Waals surface area (Å²) in [5.74, 6) is 1.10. The summed E-state index contributed by atoms with van der Waals surface area (Å²) in [6, 6.07) is 2.07. The first-order valence-corrected chi connectivity index (χ1v) is 7.68. The molecule has 0 spiro atoms. The molecule has 0 saturated carbocycles. The summed E-state index contributed by atoms with van der Waals surface area (Å²) in [5.41, 5.74) is 0. The number of nitrogens with zero attached hydrogens (tertiary/aromatic N) is 4. The zero-order valence-electron chi connectivity index (χ0n) is 12.5. The van der Waals surface area contributed by atoms with Crippen molar-refractivity contribution in [3.05, 3.63) is 12.3 Å². The second-order valence-electron chi connectivity index (χ2n) is 5.69. The van der Waals surface area contributed by atoms with E-state index in [4.69, 9.17) is 4.84 Å². The maximum Gasteiger partial charge on any atom is 0.341 e. The first-order valence-electron chi connectivity index (χ1n) is 7.68. The highest BCUT2D eigenvalue weighted by Gasteiger charge is 2.26. The lowest BCUT2D eigenvalue weighted by Gasteiger charge is -2.35. The summed E-state index contributed by atoms with van der Waals surface area (Å²) in [6.07, 6.45) is 5.92. The molecule has 3 rings (SSSR count). The van der Waals surface area contributed by atoms with E-state index in [1.807, 2.05) is 17.8 Å². The fraction of sp³-hybridized carbons (Fsp3) is 0.714. The number of anilines is 1. The molecule has 7 nitrogen and oxygen atoms in total. The summed E-state index contributed by atoms with van der Waals surface area (Å²) in [6.45, 7) is 3.15. The Kier molecular flexibility index (Phi) is 4.28. The Hall–Kier alpha value is -1.76. The molecule has 2 saturated heterocycles. The van der Waals surface area contributed by atoms with Gasteiger partial charge in [0, 0.05) is 32.2 Å². The number of urea groups is 1. The number of amides is 2. The Morgan fingerprint density at radius 2 is 2.29 bits per heavy atom. The van der Waals surface area contributed by atoms with E-state index in [1.165, 1.54) is 5.06 Å². The molecular formula is C14H23N5O2. The van der Waals surface area contributed by atoms with E-state index in [0.717, 1.165) is 44.6 Å². The number of rotatable bonds is 2. The molecule has 0 unspecified atom stereocenters. The van der Waals surface area contributed by atoms with E-state index in [2.05, 4.69) is 15.3 Å². The number of aromatic nitrogens is 2. The van der Waals surface area contributed by atoms with Crippen molar-refractivity contribution in [3.8, 4) is 0 Å². The van der Waals surface area contributed by atoms with Crippen molar-refractivity contribution < 1.29 is 9.63 Å². The number of carbonyl (C=O) groups excluding carboxylic acids is 1. The quantitative estimate of drug-likeness (QED) is 0.888. The Labute approximate surface area is 124 Å². The molecule has 1 aromatic rings. The molecule has 0 radical (unpaired) electrons. The molecule has 0 aromatic carbocycles. The second-order valence-corrected chi connectivity index (χ2v) is 5.69. The Morgan fingerprint density at radius 1 is 1.38 bits per heavy atom. The summed E-state index contributed by atoms with van der Waals surface area (Å²) >= 11 is 0. The molecule has 2 amide bonds. The maximum atomic E-state index is 12.2. The van der Waals surface area contributed by atoms with Crippen LogP contribution in [0.15, 0.2) is 12.3 Å². The Morgan fingerprint density at radius 3 is 3.00 bits per heavy atom. The van der Waals surface area contributed by atoms with Crippen LogP contribution < -0.4 is 10.2 Å². The molecule has 0 bridgehead atoms. The molecule has 7 heteroatoms. The van der Waals surface area contributed by atoms with E-state index >= 15 is 0 Å². The molecule has 21 heavy (non-hydrogen) atoms. The predicted octanol–water partition coefficient (Wildman–Crippen LogP) is 1.13. The number of hydrogen-bond acceptors (Lipinski definition) is 4. The van der Waals surface area contributed by atoms with Gasteiger partial charge < -0.3 is 10.2 Å². The number of nitrogens with one attached hydrogen (secondary N) is 1. The molecular weight excluding hydrogens is 270 g/mol. The van der Waals surface area contributed by atoms with Crippen molar-refractivity contribution in [2.45, 2.75) is 31.7 Å². The zero-order valence-corrected chi connectivity index (χ0v) is 12.5. The van der Waals surface area contributed by atoms with Crippen molar-refractivity contribution in [2.75, 3.05) is 31.1 Å². The van der Waals surface area contributed by atoms with Gasteiger partial charge in [0.15, 0.2) is 0 Å². The summed E-state index contributed by atoms with van der Waals surface area (Å²) < 4.78 is 1.87. The van der Waals surface area contributed by atoms with Gasteiger partial charge in [-0.25, -0.2) is 9.86 Å². The van der Waals surface area contributed by atoms with E-state index < -0.39 is 0 Å². The molecule has 116 valence electrons. The average Bonchev–Trinajstić information content (AvgIpc) is 2.94. The summed E-state index contributed by atoms with van der Waals surface area (Å²) in [7, 11) is 1.94. The highest BCUT2D eigenvalue weighted by Crippen LogP contribution is 2.19. The highest BCUT2D eigenvalue weighted by molar-refractivity contribution is 5.73. The molecule has 3 heterocycles. The average molecular weight is 293 g/mol. The van der Waals surface area contributed by atoms with Gasteiger partial charge in [-0.3, -0.25) is 9.52 Å². The van der Waals surface area contributed by atoms with Gasteiger partial charge in [0.2, 0.25) is 0 Å². The molecule has 2 aliphatic heterocycles. The van der Waals surface area contributed by atoms with E-state index in [-0.39, 0.29) is 12.1 Å². The first-order chi connectivity index (χ1) is 10.2. The van der Waals surface area contributed by atoms with Crippen LogP contribution in [0.2, 0.25) is 0 Å². The number of hydroxylamine groups is 2. The van der Waals surface area contributed by atoms with Crippen molar-refractivity contribution in [1.82, 2.24) is 20.2 Å². The fourth-order valence-corrected chi connectivity index (χ4v) is 2.98. The second kappa shape index (κ2) is 6.34. The van der Waals surface area contributed by atoms with Gasteiger partial charge in [-0.15, -0.1) is 0 Å². The van der Waals surface area contributed by atoms with E-state index in [0.29, 0.717) is 13.2 Å². The van der Waals surface area contributed by atoms with Crippen LogP contribution in [0.5, 0.6) is 0 Å². The van der Waals surface area contributed by atoms with Crippen LogP contribution >= 0.6 is 0 Å². The lowest BCUT2D eigenvalue weighted by Crippen LogP contribution is -2.52. The maximum absolute atomic E-state index is 12.2. The van der Waals surface area contributed by atoms with Gasteiger partial charge in [0.1, 0.15) is 5.82 Å². The van der Waals surface area contributed by atoms with E-state index in [9.17, 15) is 4.79 Å². The molecule has 1 atom stereocenters. The normalized spacial score (nSPS) is 23.2. The lowest BCUT2D eigenvalue weighted by molar-refractivity contribution is -0.139. The minimum Gasteiger partial charge on any atom is -0.355 e. The number of piperidine rings is 1. The van der Waals surface area contributed by atoms with Crippen LogP contribution in [-0.4, -0.2) is 53.2 Å². The SMILES string of the molecule is Cn1nccc1N1CCC[C@@H](NC(=O)N2CCCCO2)C1. The number of hydrogen-bond donors (Lipinski definition) is 1. The topological polar surface area (TPSA) is 62.6 Å². The predicted molar refractivity (Wildman–Crippen MR) is 78.9 cm³/mol. The van der Waals surface area contributed by atoms with Crippen molar-refractivity contribution in [1.29, 1.82) is 0 Å². The highest BCUT2D eigenvalue weighted by atomic mass is 16.7. The largest absolute Gasteiger partial charge is 0.355 e. The Balaban J connectivity index is 1.56. The van der Waals surface area contributed by atoms with Gasteiger partial charge in [-0.2, -0.15) is 5.10 Å². The third kappa shape index (κ3) is 3.29. The van der Waals surface area contributed by atoms with Gasteiger partial charge in [-0.1, -0.05) is 0 Å². The molecule has 2 fully saturated rings. The molecule has 1 N–H and O–H groups in total. The van der Waals surface area contributed by atoms with Crippen LogP contribution in [0.1, 0.15) is 25.7 Å². The molecule has 1 aromatic heterocycles. The number of carbonyl (C=O) groups is 1. The fourth-order valence-electron chi connectivity index (χ4n) is 2.98. The third-order valence-corrected chi connectivity index (χ3v) is 4.10. The van der Waals surface area contributed by atoms with Crippen LogP contribution in [0, 0.1) is 0 Å². The summed E-state index contributed by atoms with van der Waals surface area (Å²) in [5, 5.41) is 8.77. The summed E-state index contributed by atoms with van der Waals surface area (Å²) in [4.78, 5) is 19.8. The van der Waals surface area contributed by atoms with Gasteiger partial charge in [0.25, 0.3) is 0 Å². The number of aryl methyl sites for hydroxylation is 1. The standard InChI is InChI=1S/C14H23N5O2/c1-17-13(6-7-15-17)18-8-4-5-12(11-18)16-14(20)19-9-2-3-10-21-19/h6-7,12H,2-5,8-11H2,1H3,(H,16,20)/t12-/m1/s1. The monoisotopic (exact) mass is 293 g/mol. The van der Waals surface area contributed by atoms with Crippen molar-refractivity contribution >= 4 is 11.8 Å². The minimum absolute atomic E-state index is 0.105. The molecule has 0 aliphatic carbocycles. The van der Waals surface area contributed by atoms with Crippen molar-refractivity contribution in [2.24, 2.45) is 7.05 Å². The molecule has 2 aliphatic rings. The van der Waals surface area contributed by atoms with Crippen molar-refractivity contribution in [3.63, 3.8) is 0 Å². The van der Waals surface area contributed by atoms with Crippen LogP contribution in [0.3, 0.4) is 0 Å². The van der Waals surface area contributed by atoms with Crippen LogP contribution in [-0.2, 0) is 11.9 Å². The third-order valence-electron chi connectivity index (χ3n) is 4.10. The minimum atomic E-state index is -0.105. The lowest BCUT2D eigenvalue weighted by atomic mass is 10.1. The van der Waals surface area contributed by atoms with Gasteiger partial charge >= 0.3 is 6.03 Å². The first kappa shape index (κ1) is 14.2. The smallest absolute Gasteiger partial charge is 0.341 e. The van der Waals surface area contributed by atoms with Crippen LogP contribution in [0.4, 0.5) is 10.6 Å². The van der Waals surface area contributed by atoms with E-state index in [1.54, 1.807) is 6.20 Å². The zero-order chi connectivity index (χ0) is 14.7. The Bertz CT molecular complexity index is 483.